The van der Waals surface area contributed by atoms with Gasteiger partial charge in [-0.1, -0.05) is 35.5 Å². The third-order valence-corrected chi connectivity index (χ3v) is 5.75. The summed E-state index contributed by atoms with van der Waals surface area (Å²) in [4.78, 5) is 27.9. The summed E-state index contributed by atoms with van der Waals surface area (Å²) in [7, 11) is 0. The lowest BCUT2D eigenvalue weighted by Gasteiger charge is -2.03. The van der Waals surface area contributed by atoms with Crippen LogP contribution in [0.15, 0.2) is 58.3 Å². The zero-order chi connectivity index (χ0) is 18.5. The van der Waals surface area contributed by atoms with Crippen molar-refractivity contribution in [2.45, 2.75) is 11.3 Å². The Morgan fingerprint density at radius 2 is 1.81 bits per heavy atom. The fourth-order valence-corrected chi connectivity index (χ4v) is 4.09. The number of hydrogen-bond acceptors (Lipinski definition) is 5. The quantitative estimate of drug-likeness (QED) is 0.443. The van der Waals surface area contributed by atoms with E-state index < -0.39 is 0 Å². The number of hydrogen-bond donors (Lipinski definition) is 1. The van der Waals surface area contributed by atoms with E-state index in [1.54, 1.807) is 24.3 Å². The van der Waals surface area contributed by atoms with Crippen LogP contribution < -0.4 is 5.32 Å². The Hall–Kier alpha value is -2.15. The van der Waals surface area contributed by atoms with Gasteiger partial charge in [-0.05, 0) is 36.4 Å². The van der Waals surface area contributed by atoms with Crippen LogP contribution in [0.4, 0.5) is 5.69 Å². The van der Waals surface area contributed by atoms with Gasteiger partial charge in [-0.25, -0.2) is 4.98 Å². The number of thioether (sulfide) groups is 1. The van der Waals surface area contributed by atoms with E-state index in [9.17, 15) is 9.59 Å². The van der Waals surface area contributed by atoms with E-state index >= 15 is 0 Å². The van der Waals surface area contributed by atoms with Crippen LogP contribution in [0.2, 0.25) is 5.02 Å². The first-order valence-electron chi connectivity index (χ1n) is 7.76. The standard InChI is InChI=1S/C19H15ClN2O2S2/c1-12(23)21-16-8-4-14(5-9-16)18(24)11-26-19-22-17(10-25-19)13-2-6-15(20)7-3-13/h2-10H,11H2,1H3,(H,21,23). The number of rotatable bonds is 6. The molecule has 1 N–H and O–H groups in total. The number of anilines is 1. The van der Waals surface area contributed by atoms with Gasteiger partial charge in [0.2, 0.25) is 5.91 Å². The predicted molar refractivity (Wildman–Crippen MR) is 108 cm³/mol. The van der Waals surface area contributed by atoms with E-state index in [4.69, 9.17) is 11.6 Å². The average molecular weight is 403 g/mol. The summed E-state index contributed by atoms with van der Waals surface area (Å²) in [6.45, 7) is 1.45. The predicted octanol–water partition coefficient (Wildman–Crippen LogP) is 5.40. The van der Waals surface area contributed by atoms with Crippen LogP contribution in [0, 0.1) is 0 Å². The maximum atomic E-state index is 12.3. The van der Waals surface area contributed by atoms with Gasteiger partial charge < -0.3 is 5.32 Å². The molecule has 0 saturated carbocycles. The minimum atomic E-state index is -0.139. The van der Waals surface area contributed by atoms with E-state index in [0.29, 0.717) is 22.0 Å². The molecule has 0 radical (unpaired) electrons. The van der Waals surface area contributed by atoms with E-state index in [1.165, 1.54) is 30.0 Å². The molecule has 3 aromatic rings. The Morgan fingerprint density at radius 1 is 1.12 bits per heavy atom. The first-order chi connectivity index (χ1) is 12.5. The van der Waals surface area contributed by atoms with Gasteiger partial charge in [0, 0.05) is 34.1 Å². The van der Waals surface area contributed by atoms with E-state index in [1.807, 2.05) is 29.6 Å². The average Bonchev–Trinajstić information content (AvgIpc) is 3.09. The normalized spacial score (nSPS) is 10.5. The van der Waals surface area contributed by atoms with Gasteiger partial charge in [0.15, 0.2) is 10.1 Å². The number of Topliss-reactive ketones (excluding diaryl/α,β-unsaturated/α-hetero) is 1. The van der Waals surface area contributed by atoms with Gasteiger partial charge in [0.05, 0.1) is 11.4 Å². The third-order valence-electron chi connectivity index (χ3n) is 3.48. The number of nitrogens with one attached hydrogen (secondary N) is 1. The van der Waals surface area contributed by atoms with Crippen molar-refractivity contribution in [1.82, 2.24) is 4.98 Å². The second-order valence-electron chi connectivity index (χ2n) is 5.48. The zero-order valence-corrected chi connectivity index (χ0v) is 16.3. The lowest BCUT2D eigenvalue weighted by Crippen LogP contribution is -2.06. The van der Waals surface area contributed by atoms with Crippen LogP contribution in [0.3, 0.4) is 0 Å². The van der Waals surface area contributed by atoms with Crippen LogP contribution in [-0.2, 0) is 4.79 Å². The van der Waals surface area contributed by atoms with Gasteiger partial charge in [0.1, 0.15) is 0 Å². The molecule has 3 rings (SSSR count). The minimum Gasteiger partial charge on any atom is -0.326 e. The summed E-state index contributed by atoms with van der Waals surface area (Å²) >= 11 is 8.83. The largest absolute Gasteiger partial charge is 0.326 e. The maximum absolute atomic E-state index is 12.3. The van der Waals surface area contributed by atoms with Crippen molar-refractivity contribution < 1.29 is 9.59 Å². The molecular formula is C19H15ClN2O2S2. The van der Waals surface area contributed by atoms with Gasteiger partial charge in [0.25, 0.3) is 0 Å². The van der Waals surface area contributed by atoms with Gasteiger partial charge in [-0.3, -0.25) is 9.59 Å². The number of aromatic nitrogens is 1. The molecule has 0 bridgehead atoms. The molecule has 1 heterocycles. The molecule has 2 aromatic carbocycles. The van der Waals surface area contributed by atoms with Crippen molar-refractivity contribution in [2.75, 3.05) is 11.1 Å². The Bertz CT molecular complexity index is 921. The molecule has 0 saturated heterocycles. The fourth-order valence-electron chi connectivity index (χ4n) is 2.23. The number of amides is 1. The van der Waals surface area contributed by atoms with Gasteiger partial charge in [-0.2, -0.15) is 0 Å². The number of benzene rings is 2. The minimum absolute atomic E-state index is 0.0209. The molecule has 0 atom stereocenters. The number of carbonyl (C=O) groups is 2. The van der Waals surface area contributed by atoms with Crippen LogP contribution in [-0.4, -0.2) is 22.4 Å². The SMILES string of the molecule is CC(=O)Nc1ccc(C(=O)CSc2nc(-c3ccc(Cl)cc3)cs2)cc1. The summed E-state index contributed by atoms with van der Waals surface area (Å²) in [5.41, 5.74) is 3.16. The van der Waals surface area contributed by atoms with Crippen molar-refractivity contribution >= 4 is 52.1 Å². The Kier molecular flexibility index (Phi) is 6.08. The summed E-state index contributed by atoms with van der Waals surface area (Å²) in [6.07, 6.45) is 0. The topological polar surface area (TPSA) is 59.1 Å². The van der Waals surface area contributed by atoms with Crippen LogP contribution >= 0.6 is 34.7 Å². The highest BCUT2D eigenvalue weighted by atomic mass is 35.5. The summed E-state index contributed by atoms with van der Waals surface area (Å²) < 4.78 is 0.846. The van der Waals surface area contributed by atoms with E-state index in [2.05, 4.69) is 10.3 Å². The highest BCUT2D eigenvalue weighted by molar-refractivity contribution is 8.01. The third kappa shape index (κ3) is 4.94. The molecule has 0 aliphatic rings. The molecular weight excluding hydrogens is 388 g/mol. The fraction of sp³-hybridized carbons (Fsp3) is 0.105. The van der Waals surface area contributed by atoms with Gasteiger partial charge >= 0.3 is 0 Å². The van der Waals surface area contributed by atoms with Crippen molar-refractivity contribution in [2.24, 2.45) is 0 Å². The summed E-state index contributed by atoms with van der Waals surface area (Å²) in [5.74, 6) is 0.195. The molecule has 1 amide bonds. The molecule has 4 nitrogen and oxygen atoms in total. The molecule has 0 aliphatic carbocycles. The molecule has 0 spiro atoms. The molecule has 0 fully saturated rings. The van der Waals surface area contributed by atoms with E-state index in [-0.39, 0.29) is 11.7 Å². The monoisotopic (exact) mass is 402 g/mol. The first kappa shape index (κ1) is 18.6. The highest BCUT2D eigenvalue weighted by Crippen LogP contribution is 2.29. The number of halogens is 1. The lowest BCUT2D eigenvalue weighted by atomic mass is 10.1. The Labute approximate surface area is 164 Å². The van der Waals surface area contributed by atoms with Crippen molar-refractivity contribution in [3.63, 3.8) is 0 Å². The molecule has 26 heavy (non-hydrogen) atoms. The Balaban J connectivity index is 1.59. The van der Waals surface area contributed by atoms with Crippen molar-refractivity contribution in [3.05, 3.63) is 64.5 Å². The van der Waals surface area contributed by atoms with Crippen molar-refractivity contribution in [3.8, 4) is 11.3 Å². The number of nitrogens with zero attached hydrogens (tertiary/aromatic N) is 1. The summed E-state index contributed by atoms with van der Waals surface area (Å²) in [6, 6.07) is 14.4. The molecule has 1 aromatic heterocycles. The molecule has 132 valence electrons. The van der Waals surface area contributed by atoms with Crippen LogP contribution in [0.1, 0.15) is 17.3 Å². The molecule has 0 unspecified atom stereocenters. The molecule has 7 heteroatoms. The smallest absolute Gasteiger partial charge is 0.221 e. The number of ketones is 1. The second kappa shape index (κ2) is 8.49. The van der Waals surface area contributed by atoms with E-state index in [0.717, 1.165) is 15.6 Å². The Morgan fingerprint density at radius 3 is 2.46 bits per heavy atom. The first-order valence-corrected chi connectivity index (χ1v) is 10.0. The lowest BCUT2D eigenvalue weighted by molar-refractivity contribution is -0.114. The van der Waals surface area contributed by atoms with Crippen molar-refractivity contribution in [1.29, 1.82) is 0 Å². The van der Waals surface area contributed by atoms with Gasteiger partial charge in [-0.15, -0.1) is 11.3 Å². The second-order valence-corrected chi connectivity index (χ2v) is 7.99. The maximum Gasteiger partial charge on any atom is 0.221 e. The summed E-state index contributed by atoms with van der Waals surface area (Å²) in [5, 5.41) is 5.34. The number of carbonyl (C=O) groups excluding carboxylic acids is 2. The number of thiazole rings is 1. The zero-order valence-electron chi connectivity index (χ0n) is 13.9. The van der Waals surface area contributed by atoms with Crippen LogP contribution in [0.5, 0.6) is 0 Å². The molecule has 0 aliphatic heterocycles. The van der Waals surface area contributed by atoms with Crippen LogP contribution in [0.25, 0.3) is 11.3 Å². The highest BCUT2D eigenvalue weighted by Gasteiger charge is 2.10.